The largest absolute Gasteiger partial charge is 0.748 e. The number of carbonyl (C=O) groups is 1. The summed E-state index contributed by atoms with van der Waals surface area (Å²) in [7, 11) is -11.2. The van der Waals surface area contributed by atoms with Crippen LogP contribution in [0.2, 0.25) is 0 Å². The van der Waals surface area contributed by atoms with Crippen LogP contribution in [0, 0.1) is 0 Å². The second kappa shape index (κ2) is 25.1. The highest BCUT2D eigenvalue weighted by molar-refractivity contribution is 7.86. The van der Waals surface area contributed by atoms with Gasteiger partial charge in [-0.25, -0.2) is 25.3 Å². The molecule has 19 nitrogen and oxygen atoms in total. The van der Waals surface area contributed by atoms with E-state index in [1.807, 2.05) is 22.5 Å². The highest BCUT2D eigenvalue weighted by Gasteiger charge is 2.48. The lowest BCUT2D eigenvalue weighted by molar-refractivity contribution is -0.438. The Morgan fingerprint density at radius 3 is 1.82 bits per heavy atom. The molecule has 2 atom stereocenters. The van der Waals surface area contributed by atoms with Crippen LogP contribution >= 0.6 is 0 Å². The number of unbranched alkanes of at least 4 members (excludes halogenated alkanes) is 2. The number of ether oxygens (including phenoxy) is 6. The maximum atomic E-state index is 12.3. The predicted octanol–water partition coefficient (Wildman–Crippen LogP) is 3.79. The van der Waals surface area contributed by atoms with Crippen molar-refractivity contribution in [3.63, 3.8) is 0 Å². The standard InChI is InChI=1S/C44H64N2O17S3/c1-43(17-9-31-64(49,50)51)36-32-34(65(52,53)54)13-15-38(36)45(19-7-5-6-12-42(47)48)40(43)10-8-11-41-44(2,18-21-60-25-26-62-29-30-63-28-27-61-24-23-59-4)37-33-35(66(55,56)57)14-16-39(37)46(41)20-22-58-3/h8,10-11,13-16,32-33H,5-7,9,12,17-31H2,1-4H3,(H3-,47,48,49,50,51,52,53,54,55,56,57)/p-2. The van der Waals surface area contributed by atoms with Gasteiger partial charge in [-0.1, -0.05) is 6.08 Å². The molecule has 22 heteroatoms. The zero-order chi connectivity index (χ0) is 48.6. The molecule has 2 aliphatic heterocycles. The minimum absolute atomic E-state index is 0.0307. The molecule has 0 saturated carbocycles. The van der Waals surface area contributed by atoms with E-state index in [2.05, 4.69) is 0 Å². The Labute approximate surface area is 388 Å². The fourth-order valence-corrected chi connectivity index (χ4v) is 9.79. The molecule has 66 heavy (non-hydrogen) atoms. The first-order valence-electron chi connectivity index (χ1n) is 21.6. The Bertz CT molecular complexity index is 2390. The summed E-state index contributed by atoms with van der Waals surface area (Å²) in [5.41, 5.74) is 1.44. The molecule has 4 rings (SSSR count). The molecule has 2 aliphatic rings. The summed E-state index contributed by atoms with van der Waals surface area (Å²) in [5.74, 6) is -1.62. The average molecular weight is 987 g/mol. The predicted molar refractivity (Wildman–Crippen MR) is 239 cm³/mol. The van der Waals surface area contributed by atoms with Gasteiger partial charge in [-0.2, -0.15) is 4.58 Å². The third-order valence-electron chi connectivity index (χ3n) is 11.7. The zero-order valence-electron chi connectivity index (χ0n) is 37.9. The molecule has 0 aromatic heterocycles. The van der Waals surface area contributed by atoms with Gasteiger partial charge in [0, 0.05) is 80.5 Å². The Kier molecular flexibility index (Phi) is 20.9. The Hall–Kier alpha value is -3.65. The number of nitrogens with zero attached hydrogens (tertiary/aromatic N) is 2. The Morgan fingerprint density at radius 1 is 0.697 bits per heavy atom. The van der Waals surface area contributed by atoms with Crippen LogP contribution in [-0.4, -0.2) is 159 Å². The lowest BCUT2D eigenvalue weighted by Gasteiger charge is -2.30. The Balaban J connectivity index is 1.71. The van der Waals surface area contributed by atoms with Crippen molar-refractivity contribution in [2.75, 3.05) is 104 Å². The summed E-state index contributed by atoms with van der Waals surface area (Å²) < 4.78 is 144. The normalized spacial score (nSPS) is 19.4. The van der Waals surface area contributed by atoms with E-state index in [0.717, 1.165) is 0 Å². The zero-order valence-corrected chi connectivity index (χ0v) is 40.4. The highest BCUT2D eigenvalue weighted by Crippen LogP contribution is 2.51. The lowest BCUT2D eigenvalue weighted by Crippen LogP contribution is -2.33. The maximum absolute atomic E-state index is 12.3. The van der Waals surface area contributed by atoms with Gasteiger partial charge in [-0.15, -0.1) is 0 Å². The highest BCUT2D eigenvalue weighted by atomic mass is 32.2. The van der Waals surface area contributed by atoms with E-state index in [1.54, 1.807) is 39.4 Å². The van der Waals surface area contributed by atoms with Crippen molar-refractivity contribution in [1.82, 2.24) is 0 Å². The first-order valence-corrected chi connectivity index (χ1v) is 26.0. The minimum Gasteiger partial charge on any atom is -0.748 e. The first kappa shape index (κ1) is 55.0. The van der Waals surface area contributed by atoms with E-state index in [9.17, 15) is 48.8 Å². The van der Waals surface area contributed by atoms with Crippen molar-refractivity contribution in [2.45, 2.75) is 79.4 Å². The van der Waals surface area contributed by atoms with Crippen molar-refractivity contribution in [3.05, 3.63) is 71.5 Å². The van der Waals surface area contributed by atoms with Gasteiger partial charge in [0.25, 0.3) is 0 Å². The fraction of sp³-hybridized carbons (Fsp3) is 0.591. The first-order chi connectivity index (χ1) is 31.2. The smallest absolute Gasteiger partial charge is 0.303 e. The van der Waals surface area contributed by atoms with Crippen molar-refractivity contribution in [1.29, 1.82) is 0 Å². The van der Waals surface area contributed by atoms with Crippen LogP contribution in [-0.2, 0) is 74.4 Å². The number of aliphatic carboxylic acids is 1. The van der Waals surface area contributed by atoms with Gasteiger partial charge in [0.1, 0.15) is 26.8 Å². The molecular formula is C44H62N2O17S3-2. The van der Waals surface area contributed by atoms with E-state index < -0.39 is 62.7 Å². The van der Waals surface area contributed by atoms with Gasteiger partial charge in [-0.3, -0.25) is 4.79 Å². The summed E-state index contributed by atoms with van der Waals surface area (Å²) in [6.45, 7) is 7.91. The van der Waals surface area contributed by atoms with Crippen LogP contribution in [0.4, 0.5) is 11.4 Å². The third kappa shape index (κ3) is 15.4. The third-order valence-corrected chi connectivity index (χ3v) is 14.1. The van der Waals surface area contributed by atoms with Crippen molar-refractivity contribution >= 4 is 53.4 Å². The van der Waals surface area contributed by atoms with Gasteiger partial charge < -0.3 is 52.1 Å². The lowest BCUT2D eigenvalue weighted by atomic mass is 9.75. The fourth-order valence-electron chi connectivity index (χ4n) is 8.30. The number of methoxy groups -OCH3 is 2. The van der Waals surface area contributed by atoms with E-state index >= 15 is 0 Å². The van der Waals surface area contributed by atoms with Gasteiger partial charge in [-0.05, 0) is 87.9 Å². The maximum Gasteiger partial charge on any atom is 0.303 e. The van der Waals surface area contributed by atoms with Crippen molar-refractivity contribution in [2.24, 2.45) is 0 Å². The van der Waals surface area contributed by atoms with Crippen LogP contribution in [0.1, 0.15) is 69.9 Å². The van der Waals surface area contributed by atoms with Gasteiger partial charge in [0.15, 0.2) is 5.71 Å². The quantitative estimate of drug-likeness (QED) is 0.0620. The van der Waals surface area contributed by atoms with Crippen LogP contribution in [0.3, 0.4) is 0 Å². The Morgan fingerprint density at radius 2 is 1.26 bits per heavy atom. The average Bonchev–Trinajstić information content (AvgIpc) is 3.61. The van der Waals surface area contributed by atoms with Gasteiger partial charge >= 0.3 is 5.97 Å². The van der Waals surface area contributed by atoms with Crippen LogP contribution in [0.5, 0.6) is 0 Å². The number of hydrogen-bond donors (Lipinski definition) is 1. The number of fused-ring (bicyclic) bond motifs is 2. The molecule has 0 saturated heterocycles. The molecule has 2 aromatic carbocycles. The van der Waals surface area contributed by atoms with E-state index in [-0.39, 0.29) is 45.7 Å². The van der Waals surface area contributed by atoms with Crippen molar-refractivity contribution in [3.8, 4) is 0 Å². The monoisotopic (exact) mass is 986 g/mol. The summed E-state index contributed by atoms with van der Waals surface area (Å²) in [4.78, 5) is 12.3. The van der Waals surface area contributed by atoms with E-state index in [0.29, 0.717) is 112 Å². The molecule has 2 heterocycles. The SMILES string of the molecule is COCCOCCOCCOCCOCCC1(C)/C(=C\C=C\C2=[N+](CCCCCC(=O)O)c3ccc(S(=O)(=O)[O-])cc3C2(C)CCCS(=O)(=O)[O-])N(CCOC)c2ccc(S(=O)(=O)[O-])cc21. The number of benzene rings is 2. The number of allylic oxidation sites excluding steroid dienone is 4. The van der Waals surface area contributed by atoms with E-state index in [4.69, 9.17) is 28.4 Å². The number of hydrogen-bond acceptors (Lipinski definition) is 17. The molecule has 2 unspecified atom stereocenters. The molecule has 0 amide bonds. The minimum atomic E-state index is -4.91. The number of carboxylic acids is 1. The molecule has 1 N–H and O–H groups in total. The molecule has 370 valence electrons. The molecule has 0 aliphatic carbocycles. The van der Waals surface area contributed by atoms with Crippen LogP contribution < -0.4 is 4.90 Å². The molecule has 0 spiro atoms. The molecular weight excluding hydrogens is 925 g/mol. The van der Waals surface area contributed by atoms with Gasteiger partial charge in [0.05, 0.1) is 84.8 Å². The number of carboxylic acid groups (broad SMARTS) is 1. The van der Waals surface area contributed by atoms with Crippen LogP contribution in [0.15, 0.2) is 70.1 Å². The molecule has 0 fully saturated rings. The molecule has 2 aromatic rings. The number of rotatable bonds is 32. The second-order valence-corrected chi connectivity index (χ2v) is 20.6. The van der Waals surface area contributed by atoms with E-state index in [1.165, 1.54) is 30.3 Å². The molecule has 0 bridgehead atoms. The summed E-state index contributed by atoms with van der Waals surface area (Å²) in [5, 5.41) is 9.20. The van der Waals surface area contributed by atoms with Crippen LogP contribution in [0.25, 0.3) is 0 Å². The summed E-state index contributed by atoms with van der Waals surface area (Å²) in [6, 6.07) is 8.21. The topological polar surface area (TPSA) is 271 Å². The van der Waals surface area contributed by atoms with Crippen molar-refractivity contribution < 1.29 is 81.8 Å². The summed E-state index contributed by atoms with van der Waals surface area (Å²) >= 11 is 0. The summed E-state index contributed by atoms with van der Waals surface area (Å²) in [6.07, 6.45) is 7.14. The molecule has 0 radical (unpaired) electrons. The second-order valence-electron chi connectivity index (χ2n) is 16.3. The number of anilines is 1. The van der Waals surface area contributed by atoms with Gasteiger partial charge in [0.2, 0.25) is 5.69 Å².